The van der Waals surface area contributed by atoms with E-state index in [1.807, 2.05) is 17.5 Å². The summed E-state index contributed by atoms with van der Waals surface area (Å²) in [6.07, 6.45) is -0.325. The monoisotopic (exact) mass is 465 g/mol. The van der Waals surface area contributed by atoms with Crippen LogP contribution in [0.3, 0.4) is 0 Å². The second kappa shape index (κ2) is 9.74. The SMILES string of the molecule is O=C(Cc1cccs1)NN(C(=O)Cc1ccccc1)C1CC(=O)N(c2ccc(F)cc2)C1=O. The maximum absolute atomic E-state index is 13.3. The molecule has 9 heteroatoms. The summed E-state index contributed by atoms with van der Waals surface area (Å²) in [6.45, 7) is 0. The van der Waals surface area contributed by atoms with E-state index in [0.717, 1.165) is 26.9 Å². The van der Waals surface area contributed by atoms with Crippen LogP contribution in [0.5, 0.6) is 0 Å². The van der Waals surface area contributed by atoms with Crippen LogP contribution in [-0.4, -0.2) is 34.7 Å². The highest BCUT2D eigenvalue weighted by Crippen LogP contribution is 2.26. The summed E-state index contributed by atoms with van der Waals surface area (Å²) in [5.74, 6) is -2.70. The van der Waals surface area contributed by atoms with Crippen molar-refractivity contribution in [3.8, 4) is 0 Å². The molecule has 4 rings (SSSR count). The molecule has 4 amide bonds. The molecule has 1 aliphatic heterocycles. The molecule has 1 saturated heterocycles. The number of halogens is 1. The highest BCUT2D eigenvalue weighted by Gasteiger charge is 2.45. The predicted molar refractivity (Wildman–Crippen MR) is 120 cm³/mol. The zero-order valence-electron chi connectivity index (χ0n) is 17.4. The van der Waals surface area contributed by atoms with Crippen molar-refractivity contribution in [3.63, 3.8) is 0 Å². The van der Waals surface area contributed by atoms with E-state index in [0.29, 0.717) is 5.56 Å². The minimum absolute atomic E-state index is 0.0311. The van der Waals surface area contributed by atoms with Gasteiger partial charge in [0, 0.05) is 4.88 Å². The first-order valence-electron chi connectivity index (χ1n) is 10.2. The molecule has 1 unspecified atom stereocenters. The van der Waals surface area contributed by atoms with Gasteiger partial charge in [0.15, 0.2) is 0 Å². The number of benzene rings is 2. The van der Waals surface area contributed by atoms with Crippen LogP contribution in [0.4, 0.5) is 10.1 Å². The first-order valence-corrected chi connectivity index (χ1v) is 11.1. The fraction of sp³-hybridized carbons (Fsp3) is 0.167. The smallest absolute Gasteiger partial charge is 0.259 e. The number of nitrogens with one attached hydrogen (secondary N) is 1. The minimum Gasteiger partial charge on any atom is -0.274 e. The van der Waals surface area contributed by atoms with Gasteiger partial charge in [0.25, 0.3) is 5.91 Å². The average molecular weight is 466 g/mol. The van der Waals surface area contributed by atoms with E-state index < -0.39 is 35.5 Å². The van der Waals surface area contributed by atoms with Crippen LogP contribution >= 0.6 is 11.3 Å². The second-order valence-corrected chi connectivity index (χ2v) is 8.51. The van der Waals surface area contributed by atoms with Gasteiger partial charge in [0.2, 0.25) is 17.7 Å². The summed E-state index contributed by atoms with van der Waals surface area (Å²) in [5.41, 5.74) is 3.45. The molecule has 2 heterocycles. The van der Waals surface area contributed by atoms with Crippen molar-refractivity contribution < 1.29 is 23.6 Å². The lowest BCUT2D eigenvalue weighted by Crippen LogP contribution is -2.55. The largest absolute Gasteiger partial charge is 0.274 e. The summed E-state index contributed by atoms with van der Waals surface area (Å²) in [7, 11) is 0. The third-order valence-electron chi connectivity index (χ3n) is 5.15. The van der Waals surface area contributed by atoms with E-state index in [1.165, 1.54) is 23.5 Å². The Bertz CT molecular complexity index is 1170. The number of imide groups is 1. The topological polar surface area (TPSA) is 86.8 Å². The molecule has 0 radical (unpaired) electrons. The number of carbonyl (C=O) groups excluding carboxylic acids is 4. The molecule has 1 aromatic heterocycles. The Morgan fingerprint density at radius 3 is 2.39 bits per heavy atom. The Balaban J connectivity index is 1.58. The number of thiophene rings is 1. The molecule has 1 N–H and O–H groups in total. The van der Waals surface area contributed by atoms with E-state index >= 15 is 0 Å². The number of rotatable bonds is 6. The molecule has 1 atom stereocenters. The van der Waals surface area contributed by atoms with Crippen LogP contribution in [-0.2, 0) is 32.0 Å². The fourth-order valence-corrected chi connectivity index (χ4v) is 4.30. The molecule has 0 saturated carbocycles. The molecular formula is C24H20FN3O4S. The summed E-state index contributed by atoms with van der Waals surface area (Å²) in [6, 6.07) is 16.2. The lowest BCUT2D eigenvalue weighted by atomic mass is 10.1. The van der Waals surface area contributed by atoms with Crippen molar-refractivity contribution in [2.75, 3.05) is 4.90 Å². The number of carbonyl (C=O) groups is 4. The average Bonchev–Trinajstić information content (AvgIpc) is 3.41. The predicted octanol–water partition coefficient (Wildman–Crippen LogP) is 2.86. The number of anilines is 1. The third kappa shape index (κ3) is 5.15. The van der Waals surface area contributed by atoms with Crippen LogP contribution in [0.2, 0.25) is 0 Å². The van der Waals surface area contributed by atoms with Crippen molar-refractivity contribution in [1.29, 1.82) is 0 Å². The Morgan fingerprint density at radius 2 is 1.73 bits per heavy atom. The number of hydrazine groups is 1. The van der Waals surface area contributed by atoms with Crippen molar-refractivity contribution in [1.82, 2.24) is 10.4 Å². The van der Waals surface area contributed by atoms with E-state index in [4.69, 9.17) is 0 Å². The van der Waals surface area contributed by atoms with Gasteiger partial charge < -0.3 is 0 Å². The van der Waals surface area contributed by atoms with Gasteiger partial charge in [-0.25, -0.2) is 14.3 Å². The van der Waals surface area contributed by atoms with E-state index in [2.05, 4.69) is 5.43 Å². The zero-order chi connectivity index (χ0) is 23.4. The number of amides is 4. The molecular weight excluding hydrogens is 445 g/mol. The number of hydrogen-bond donors (Lipinski definition) is 1. The maximum Gasteiger partial charge on any atom is 0.259 e. The van der Waals surface area contributed by atoms with Crippen molar-refractivity contribution in [3.05, 3.63) is 88.4 Å². The quantitative estimate of drug-likeness (QED) is 0.448. The van der Waals surface area contributed by atoms with Crippen LogP contribution in [0.1, 0.15) is 16.9 Å². The number of nitrogens with zero attached hydrogens (tertiary/aromatic N) is 2. The number of hydrogen-bond acceptors (Lipinski definition) is 5. The third-order valence-corrected chi connectivity index (χ3v) is 6.02. The minimum atomic E-state index is -1.20. The summed E-state index contributed by atoms with van der Waals surface area (Å²) in [4.78, 5) is 53.4. The molecule has 33 heavy (non-hydrogen) atoms. The first-order chi connectivity index (χ1) is 15.9. The standard InChI is InChI=1S/C24H20FN3O4S/c25-17-8-10-18(11-9-17)27-22(30)15-20(24(27)32)28(23(31)13-16-5-2-1-3-6-16)26-21(29)14-19-7-4-12-33-19/h1-12,20H,13-15H2,(H,26,29). The van der Waals surface area contributed by atoms with Crippen LogP contribution in [0.15, 0.2) is 72.1 Å². The first kappa shape index (κ1) is 22.3. The Kier molecular flexibility index (Phi) is 6.60. The molecule has 0 aliphatic carbocycles. The molecule has 3 aromatic rings. The van der Waals surface area contributed by atoms with Gasteiger partial charge >= 0.3 is 0 Å². The maximum atomic E-state index is 13.3. The molecule has 1 fully saturated rings. The van der Waals surface area contributed by atoms with Crippen LogP contribution in [0, 0.1) is 5.82 Å². The molecule has 1 aliphatic rings. The lowest BCUT2D eigenvalue weighted by molar-refractivity contribution is -0.146. The van der Waals surface area contributed by atoms with Crippen molar-refractivity contribution in [2.24, 2.45) is 0 Å². The van der Waals surface area contributed by atoms with E-state index in [1.54, 1.807) is 30.3 Å². The zero-order valence-corrected chi connectivity index (χ0v) is 18.3. The molecule has 0 spiro atoms. The highest BCUT2D eigenvalue weighted by atomic mass is 32.1. The fourth-order valence-electron chi connectivity index (χ4n) is 3.59. The van der Waals surface area contributed by atoms with Gasteiger partial charge in [0.05, 0.1) is 24.9 Å². The van der Waals surface area contributed by atoms with Gasteiger partial charge in [-0.2, -0.15) is 0 Å². The van der Waals surface area contributed by atoms with Gasteiger partial charge in [0.1, 0.15) is 11.9 Å². The molecule has 168 valence electrons. The van der Waals surface area contributed by atoms with E-state index in [-0.39, 0.29) is 24.9 Å². The van der Waals surface area contributed by atoms with Crippen molar-refractivity contribution >= 4 is 40.7 Å². The normalized spacial score (nSPS) is 15.5. The second-order valence-electron chi connectivity index (χ2n) is 7.48. The van der Waals surface area contributed by atoms with Gasteiger partial charge in [-0.05, 0) is 41.3 Å². The molecule has 0 bridgehead atoms. The van der Waals surface area contributed by atoms with E-state index in [9.17, 15) is 23.6 Å². The van der Waals surface area contributed by atoms with Crippen LogP contribution in [0.25, 0.3) is 0 Å². The van der Waals surface area contributed by atoms with Gasteiger partial charge in [-0.3, -0.25) is 24.6 Å². The highest BCUT2D eigenvalue weighted by molar-refractivity contribution is 7.10. The Morgan fingerprint density at radius 1 is 1.00 bits per heavy atom. The Labute approximate surface area is 193 Å². The van der Waals surface area contributed by atoms with Crippen molar-refractivity contribution in [2.45, 2.75) is 25.3 Å². The lowest BCUT2D eigenvalue weighted by Gasteiger charge is -2.28. The molecule has 7 nitrogen and oxygen atoms in total. The molecule has 2 aromatic carbocycles. The van der Waals surface area contributed by atoms with Crippen LogP contribution < -0.4 is 10.3 Å². The van der Waals surface area contributed by atoms with Gasteiger partial charge in [-0.15, -0.1) is 11.3 Å². The summed E-state index contributed by atoms with van der Waals surface area (Å²) < 4.78 is 13.3. The van der Waals surface area contributed by atoms with Gasteiger partial charge in [-0.1, -0.05) is 36.4 Å². The Hall–Kier alpha value is -3.85. The summed E-state index contributed by atoms with van der Waals surface area (Å²) >= 11 is 1.40. The summed E-state index contributed by atoms with van der Waals surface area (Å²) in [5, 5.41) is 2.80.